The topological polar surface area (TPSA) is 98.5 Å². The fourth-order valence-corrected chi connectivity index (χ4v) is 3.35. The highest BCUT2D eigenvalue weighted by Crippen LogP contribution is 2.25. The van der Waals surface area contributed by atoms with Gasteiger partial charge in [-0.3, -0.25) is 14.8 Å². The highest BCUT2D eigenvalue weighted by Gasteiger charge is 2.14. The quantitative estimate of drug-likeness (QED) is 0.498. The summed E-state index contributed by atoms with van der Waals surface area (Å²) in [7, 11) is -3.71. The van der Waals surface area contributed by atoms with Gasteiger partial charge >= 0.3 is 0 Å². The van der Waals surface area contributed by atoms with Gasteiger partial charge in [0.2, 0.25) is 0 Å². The predicted octanol–water partition coefficient (Wildman–Crippen LogP) is 4.50. The van der Waals surface area contributed by atoms with Crippen LogP contribution in [0, 0.1) is 17.0 Å². The van der Waals surface area contributed by atoms with Crippen LogP contribution < -0.4 is 9.46 Å². The summed E-state index contributed by atoms with van der Waals surface area (Å²) in [5.74, 6) is 0.826. The molecule has 0 heterocycles. The van der Waals surface area contributed by atoms with E-state index in [1.54, 1.807) is 12.1 Å². The summed E-state index contributed by atoms with van der Waals surface area (Å²) in [6.45, 7) is 1.92. The van der Waals surface area contributed by atoms with Gasteiger partial charge in [-0.2, -0.15) is 0 Å². The standard InChI is InChI=1S/C19H16N2O5S/c1-14-2-4-15(5-3-14)20-27(24,25)19-12-10-18(11-13-19)26-17-8-6-16(7-9-17)21(22)23/h2-13,20H,1H3. The molecule has 3 rings (SSSR count). The Morgan fingerprint density at radius 1 is 0.852 bits per heavy atom. The minimum atomic E-state index is -3.71. The normalized spacial score (nSPS) is 11.0. The van der Waals surface area contributed by atoms with E-state index >= 15 is 0 Å². The molecule has 0 radical (unpaired) electrons. The number of non-ortho nitro benzene ring substituents is 1. The third-order valence-electron chi connectivity index (χ3n) is 3.72. The molecule has 8 heteroatoms. The molecule has 0 aliphatic rings. The molecule has 0 aromatic heterocycles. The molecule has 27 heavy (non-hydrogen) atoms. The average molecular weight is 384 g/mol. The SMILES string of the molecule is Cc1ccc(NS(=O)(=O)c2ccc(Oc3ccc([N+](=O)[O-])cc3)cc2)cc1. The minimum absolute atomic E-state index is 0.0361. The zero-order chi connectivity index (χ0) is 19.4. The molecule has 0 saturated carbocycles. The van der Waals surface area contributed by atoms with Gasteiger partial charge in [0, 0.05) is 17.8 Å². The third-order valence-corrected chi connectivity index (χ3v) is 5.12. The van der Waals surface area contributed by atoms with Gasteiger partial charge in [-0.25, -0.2) is 8.42 Å². The number of benzene rings is 3. The zero-order valence-corrected chi connectivity index (χ0v) is 15.1. The van der Waals surface area contributed by atoms with Gasteiger partial charge in [0.05, 0.1) is 9.82 Å². The summed E-state index contributed by atoms with van der Waals surface area (Å²) < 4.78 is 33.0. The van der Waals surface area contributed by atoms with Gasteiger partial charge in [-0.1, -0.05) is 17.7 Å². The molecule has 0 saturated heterocycles. The Morgan fingerprint density at radius 3 is 1.89 bits per heavy atom. The number of hydrogen-bond donors (Lipinski definition) is 1. The van der Waals surface area contributed by atoms with Crippen LogP contribution >= 0.6 is 0 Å². The molecule has 3 aromatic carbocycles. The number of nitrogens with zero attached hydrogens (tertiary/aromatic N) is 1. The number of aryl methyl sites for hydroxylation is 1. The first-order valence-electron chi connectivity index (χ1n) is 7.95. The second kappa shape index (κ2) is 7.46. The smallest absolute Gasteiger partial charge is 0.269 e. The molecule has 0 amide bonds. The van der Waals surface area contributed by atoms with Crippen LogP contribution in [0.5, 0.6) is 11.5 Å². The van der Waals surface area contributed by atoms with E-state index in [2.05, 4.69) is 4.72 Å². The lowest BCUT2D eigenvalue weighted by molar-refractivity contribution is -0.384. The first-order valence-corrected chi connectivity index (χ1v) is 9.44. The molecule has 1 N–H and O–H groups in total. The van der Waals surface area contributed by atoms with Crippen molar-refractivity contribution in [1.82, 2.24) is 0 Å². The van der Waals surface area contributed by atoms with Gasteiger partial charge < -0.3 is 4.74 Å². The van der Waals surface area contributed by atoms with Gasteiger partial charge in [0.1, 0.15) is 11.5 Å². The lowest BCUT2D eigenvalue weighted by atomic mass is 10.2. The van der Waals surface area contributed by atoms with E-state index in [4.69, 9.17) is 4.74 Å². The maximum Gasteiger partial charge on any atom is 0.269 e. The largest absolute Gasteiger partial charge is 0.457 e. The first kappa shape index (κ1) is 18.4. The summed E-state index contributed by atoms with van der Waals surface area (Å²) in [5, 5.41) is 10.7. The van der Waals surface area contributed by atoms with Crippen molar-refractivity contribution >= 4 is 21.4 Å². The van der Waals surface area contributed by atoms with Crippen LogP contribution in [0.25, 0.3) is 0 Å². The summed E-state index contributed by atoms with van der Waals surface area (Å²) in [6, 6.07) is 18.5. The molecule has 0 unspecified atom stereocenters. The van der Waals surface area contributed by atoms with Gasteiger partial charge in [0.25, 0.3) is 15.7 Å². The summed E-state index contributed by atoms with van der Waals surface area (Å²) in [5.41, 5.74) is 1.48. The molecular formula is C19H16N2O5S. The Balaban J connectivity index is 1.72. The van der Waals surface area contributed by atoms with Crippen molar-refractivity contribution in [2.45, 2.75) is 11.8 Å². The number of anilines is 1. The van der Waals surface area contributed by atoms with Crippen molar-refractivity contribution in [2.24, 2.45) is 0 Å². The molecule has 3 aromatic rings. The van der Waals surface area contributed by atoms with E-state index in [1.807, 2.05) is 19.1 Å². The molecule has 0 aliphatic carbocycles. The Bertz CT molecular complexity index is 1040. The van der Waals surface area contributed by atoms with E-state index in [0.29, 0.717) is 17.2 Å². The molecule has 0 bridgehead atoms. The molecule has 0 spiro atoms. The number of nitro benzene ring substituents is 1. The van der Waals surface area contributed by atoms with Crippen LogP contribution in [-0.2, 0) is 10.0 Å². The molecule has 0 aliphatic heterocycles. The van der Waals surface area contributed by atoms with Crippen molar-refractivity contribution in [3.05, 3.63) is 88.5 Å². The summed E-state index contributed by atoms with van der Waals surface area (Å²) in [4.78, 5) is 10.3. The molecule has 138 valence electrons. The third kappa shape index (κ3) is 4.62. The number of hydrogen-bond acceptors (Lipinski definition) is 5. The van der Waals surface area contributed by atoms with E-state index in [9.17, 15) is 18.5 Å². The number of nitro groups is 1. The van der Waals surface area contributed by atoms with E-state index in [0.717, 1.165) is 5.56 Å². The van der Waals surface area contributed by atoms with Gasteiger partial charge in [-0.15, -0.1) is 0 Å². The summed E-state index contributed by atoms with van der Waals surface area (Å²) in [6.07, 6.45) is 0. The van der Waals surface area contributed by atoms with Gasteiger partial charge in [-0.05, 0) is 55.5 Å². The molecule has 0 atom stereocenters. The average Bonchev–Trinajstić information content (AvgIpc) is 2.64. The Kier molecular flexibility index (Phi) is 5.09. The zero-order valence-electron chi connectivity index (χ0n) is 14.3. The summed E-state index contributed by atoms with van der Waals surface area (Å²) >= 11 is 0. The number of rotatable bonds is 6. The lowest BCUT2D eigenvalue weighted by Gasteiger charge is -2.10. The van der Waals surface area contributed by atoms with Crippen molar-refractivity contribution in [1.29, 1.82) is 0 Å². The Hall–Kier alpha value is -3.39. The van der Waals surface area contributed by atoms with Crippen molar-refractivity contribution in [2.75, 3.05) is 4.72 Å². The van der Waals surface area contributed by atoms with E-state index < -0.39 is 14.9 Å². The van der Waals surface area contributed by atoms with E-state index in [-0.39, 0.29) is 10.6 Å². The molecular weight excluding hydrogens is 368 g/mol. The van der Waals surface area contributed by atoms with Gasteiger partial charge in [0.15, 0.2) is 0 Å². The second-order valence-electron chi connectivity index (χ2n) is 5.80. The Morgan fingerprint density at radius 2 is 1.37 bits per heavy atom. The monoisotopic (exact) mass is 384 g/mol. The van der Waals surface area contributed by atoms with Crippen molar-refractivity contribution in [3.8, 4) is 11.5 Å². The van der Waals surface area contributed by atoms with Crippen molar-refractivity contribution in [3.63, 3.8) is 0 Å². The predicted molar refractivity (Wildman–Crippen MR) is 102 cm³/mol. The maximum absolute atomic E-state index is 12.4. The fourth-order valence-electron chi connectivity index (χ4n) is 2.29. The lowest BCUT2D eigenvalue weighted by Crippen LogP contribution is -2.12. The van der Waals surface area contributed by atoms with Crippen LogP contribution in [0.1, 0.15) is 5.56 Å². The molecule has 0 fully saturated rings. The second-order valence-corrected chi connectivity index (χ2v) is 7.48. The van der Waals surface area contributed by atoms with Crippen LogP contribution in [0.4, 0.5) is 11.4 Å². The minimum Gasteiger partial charge on any atom is -0.457 e. The van der Waals surface area contributed by atoms with Crippen molar-refractivity contribution < 1.29 is 18.1 Å². The number of nitrogens with one attached hydrogen (secondary N) is 1. The van der Waals surface area contributed by atoms with Crippen LogP contribution in [0.15, 0.2) is 77.7 Å². The highest BCUT2D eigenvalue weighted by atomic mass is 32.2. The van der Waals surface area contributed by atoms with E-state index in [1.165, 1.54) is 48.5 Å². The first-order chi connectivity index (χ1) is 12.8. The van der Waals surface area contributed by atoms with Crippen LogP contribution in [0.2, 0.25) is 0 Å². The number of ether oxygens (including phenoxy) is 1. The number of sulfonamides is 1. The maximum atomic E-state index is 12.4. The van der Waals surface area contributed by atoms with Crippen LogP contribution in [-0.4, -0.2) is 13.3 Å². The highest BCUT2D eigenvalue weighted by molar-refractivity contribution is 7.92. The molecule has 7 nitrogen and oxygen atoms in total. The van der Waals surface area contributed by atoms with Crippen LogP contribution in [0.3, 0.4) is 0 Å². The Labute approximate surface area is 156 Å². The fraction of sp³-hybridized carbons (Fsp3) is 0.0526.